The summed E-state index contributed by atoms with van der Waals surface area (Å²) in [5.74, 6) is 1.73. The highest BCUT2D eigenvalue weighted by Gasteiger charge is 2.29. The molecule has 0 bridgehead atoms. The number of aromatic nitrogens is 4. The van der Waals surface area contributed by atoms with Gasteiger partial charge in [0.05, 0.1) is 6.04 Å². The summed E-state index contributed by atoms with van der Waals surface area (Å²) in [5.41, 5.74) is 0. The van der Waals surface area contributed by atoms with Crippen LogP contribution in [0.4, 0.5) is 11.8 Å². The Hall–Kier alpha value is -2.11. The molecular weight excluding hydrogens is 228 g/mol. The molecule has 3 rings (SSSR count). The maximum Gasteiger partial charge on any atom is 0.226 e. The van der Waals surface area contributed by atoms with Crippen LogP contribution in [0.1, 0.15) is 6.04 Å². The third-order valence-electron chi connectivity index (χ3n) is 3.11. The van der Waals surface area contributed by atoms with Crippen LogP contribution in [0.15, 0.2) is 30.7 Å². The second-order valence-corrected chi connectivity index (χ2v) is 4.65. The summed E-state index contributed by atoms with van der Waals surface area (Å²) in [5, 5.41) is 4.26. The lowest BCUT2D eigenvalue weighted by Gasteiger charge is -2.40. The second kappa shape index (κ2) is 4.29. The molecule has 2 aromatic rings. The van der Waals surface area contributed by atoms with E-state index in [2.05, 4.69) is 20.0 Å². The first kappa shape index (κ1) is 11.0. The lowest BCUT2D eigenvalue weighted by Crippen LogP contribution is -2.48. The van der Waals surface area contributed by atoms with Gasteiger partial charge in [0.1, 0.15) is 5.82 Å². The van der Waals surface area contributed by atoms with E-state index < -0.39 is 0 Å². The van der Waals surface area contributed by atoms with Crippen molar-refractivity contribution in [3.8, 4) is 0 Å². The van der Waals surface area contributed by atoms with Crippen molar-refractivity contribution < 1.29 is 0 Å². The average molecular weight is 244 g/mol. The van der Waals surface area contributed by atoms with Gasteiger partial charge in [-0.2, -0.15) is 10.1 Å². The monoisotopic (exact) mass is 244 g/mol. The topological polar surface area (TPSA) is 50.1 Å². The van der Waals surface area contributed by atoms with E-state index in [4.69, 9.17) is 0 Å². The van der Waals surface area contributed by atoms with Crippen molar-refractivity contribution in [3.63, 3.8) is 0 Å². The molecule has 0 unspecified atom stereocenters. The van der Waals surface area contributed by atoms with Crippen molar-refractivity contribution >= 4 is 11.8 Å². The molecule has 0 aromatic carbocycles. The van der Waals surface area contributed by atoms with Gasteiger partial charge in [0.15, 0.2) is 0 Å². The molecule has 0 aliphatic carbocycles. The zero-order chi connectivity index (χ0) is 12.5. The summed E-state index contributed by atoms with van der Waals surface area (Å²) in [4.78, 5) is 12.9. The Morgan fingerprint density at radius 1 is 1.28 bits per heavy atom. The summed E-state index contributed by atoms with van der Waals surface area (Å²) in [7, 11) is 3.89. The van der Waals surface area contributed by atoms with Gasteiger partial charge in [-0.05, 0) is 12.1 Å². The van der Waals surface area contributed by atoms with Crippen LogP contribution in [-0.2, 0) is 0 Å². The average Bonchev–Trinajstić information content (AvgIpc) is 2.81. The van der Waals surface area contributed by atoms with Gasteiger partial charge in [0.2, 0.25) is 5.95 Å². The molecule has 0 spiro atoms. The molecule has 1 fully saturated rings. The number of rotatable bonds is 3. The number of hydrogen-bond acceptors (Lipinski definition) is 5. The molecule has 94 valence electrons. The molecule has 1 saturated heterocycles. The van der Waals surface area contributed by atoms with Crippen LogP contribution < -0.4 is 9.80 Å². The highest BCUT2D eigenvalue weighted by Crippen LogP contribution is 2.26. The van der Waals surface area contributed by atoms with E-state index in [9.17, 15) is 0 Å². The minimum Gasteiger partial charge on any atom is -0.352 e. The van der Waals surface area contributed by atoms with Crippen LogP contribution >= 0.6 is 0 Å². The smallest absolute Gasteiger partial charge is 0.226 e. The Kier molecular flexibility index (Phi) is 2.62. The molecule has 3 heterocycles. The predicted molar refractivity (Wildman–Crippen MR) is 69.8 cm³/mol. The first-order chi connectivity index (χ1) is 8.74. The molecular formula is C12H16N6. The zero-order valence-corrected chi connectivity index (χ0v) is 10.6. The van der Waals surface area contributed by atoms with Gasteiger partial charge < -0.3 is 9.80 Å². The van der Waals surface area contributed by atoms with Gasteiger partial charge in [-0.25, -0.2) is 4.98 Å². The fraction of sp³-hybridized carbons (Fsp3) is 0.417. The second-order valence-electron chi connectivity index (χ2n) is 4.65. The van der Waals surface area contributed by atoms with Crippen molar-refractivity contribution in [2.24, 2.45) is 0 Å². The highest BCUT2D eigenvalue weighted by atomic mass is 15.4. The van der Waals surface area contributed by atoms with E-state index in [1.807, 2.05) is 48.2 Å². The molecule has 2 aromatic heterocycles. The van der Waals surface area contributed by atoms with Crippen molar-refractivity contribution in [2.45, 2.75) is 6.04 Å². The quantitative estimate of drug-likeness (QED) is 0.799. The minimum absolute atomic E-state index is 0.456. The van der Waals surface area contributed by atoms with Gasteiger partial charge in [0.25, 0.3) is 0 Å². The maximum atomic E-state index is 4.52. The molecule has 0 saturated carbocycles. The number of hydrogen-bond donors (Lipinski definition) is 0. The fourth-order valence-corrected chi connectivity index (χ4v) is 2.04. The van der Waals surface area contributed by atoms with Crippen LogP contribution in [0, 0.1) is 0 Å². The van der Waals surface area contributed by atoms with E-state index in [1.54, 1.807) is 6.20 Å². The normalized spacial score (nSPS) is 15.6. The van der Waals surface area contributed by atoms with Gasteiger partial charge >= 0.3 is 0 Å². The van der Waals surface area contributed by atoms with E-state index in [0.29, 0.717) is 6.04 Å². The molecule has 0 atom stereocenters. The van der Waals surface area contributed by atoms with E-state index in [0.717, 1.165) is 24.9 Å². The third-order valence-corrected chi connectivity index (χ3v) is 3.11. The Morgan fingerprint density at radius 3 is 2.78 bits per heavy atom. The Balaban J connectivity index is 1.69. The molecule has 18 heavy (non-hydrogen) atoms. The van der Waals surface area contributed by atoms with Crippen molar-refractivity contribution in [3.05, 3.63) is 30.7 Å². The van der Waals surface area contributed by atoms with E-state index >= 15 is 0 Å². The molecule has 1 aliphatic rings. The molecule has 6 heteroatoms. The van der Waals surface area contributed by atoms with Crippen molar-refractivity contribution in [1.82, 2.24) is 19.7 Å². The van der Waals surface area contributed by atoms with Crippen LogP contribution in [0.2, 0.25) is 0 Å². The van der Waals surface area contributed by atoms with Gasteiger partial charge in [-0.15, -0.1) is 0 Å². The highest BCUT2D eigenvalue weighted by molar-refractivity contribution is 5.45. The summed E-state index contributed by atoms with van der Waals surface area (Å²) in [6.07, 6.45) is 5.63. The maximum absolute atomic E-state index is 4.52. The molecule has 1 aliphatic heterocycles. The minimum atomic E-state index is 0.456. The predicted octanol–water partition coefficient (Wildman–Crippen LogP) is 0.800. The van der Waals surface area contributed by atoms with E-state index in [-0.39, 0.29) is 0 Å². The summed E-state index contributed by atoms with van der Waals surface area (Å²) in [6, 6.07) is 4.36. The number of nitrogens with zero attached hydrogens (tertiary/aromatic N) is 6. The largest absolute Gasteiger partial charge is 0.352 e. The van der Waals surface area contributed by atoms with Gasteiger partial charge in [-0.3, -0.25) is 4.68 Å². The molecule has 0 amide bonds. The first-order valence-electron chi connectivity index (χ1n) is 5.98. The molecule has 0 N–H and O–H groups in total. The SMILES string of the molecule is CN(C)c1nccc(N2CC(n3cccn3)C2)n1. The molecule has 6 nitrogen and oxygen atoms in total. The lowest BCUT2D eigenvalue weighted by molar-refractivity contribution is 0.366. The van der Waals surface area contributed by atoms with Crippen molar-refractivity contribution in [2.75, 3.05) is 37.0 Å². The standard InChI is InChI=1S/C12H16N6/c1-16(2)12-13-6-4-11(15-12)17-8-10(9-17)18-7-3-5-14-18/h3-7,10H,8-9H2,1-2H3. The van der Waals surface area contributed by atoms with Crippen LogP contribution in [0.5, 0.6) is 0 Å². The van der Waals surface area contributed by atoms with Crippen LogP contribution in [0.3, 0.4) is 0 Å². The third kappa shape index (κ3) is 1.90. The fourth-order valence-electron chi connectivity index (χ4n) is 2.04. The summed E-state index contributed by atoms with van der Waals surface area (Å²) < 4.78 is 2.00. The van der Waals surface area contributed by atoms with Crippen molar-refractivity contribution in [1.29, 1.82) is 0 Å². The summed E-state index contributed by atoms with van der Waals surface area (Å²) in [6.45, 7) is 1.90. The van der Waals surface area contributed by atoms with Gasteiger partial charge in [0, 0.05) is 45.8 Å². The zero-order valence-electron chi connectivity index (χ0n) is 10.6. The Morgan fingerprint density at radius 2 is 2.11 bits per heavy atom. The lowest BCUT2D eigenvalue weighted by atomic mass is 10.1. The Labute approximate surface area is 106 Å². The molecule has 0 radical (unpaired) electrons. The Bertz CT molecular complexity index is 515. The summed E-state index contributed by atoms with van der Waals surface area (Å²) >= 11 is 0. The van der Waals surface area contributed by atoms with E-state index in [1.165, 1.54) is 0 Å². The number of anilines is 2. The van der Waals surface area contributed by atoms with Crippen LogP contribution in [-0.4, -0.2) is 46.9 Å². The first-order valence-corrected chi connectivity index (χ1v) is 5.98. The van der Waals surface area contributed by atoms with Crippen LogP contribution in [0.25, 0.3) is 0 Å². The van der Waals surface area contributed by atoms with Gasteiger partial charge in [-0.1, -0.05) is 0 Å².